The van der Waals surface area contributed by atoms with Gasteiger partial charge in [-0.3, -0.25) is 0 Å². The number of aliphatic hydroxyl groups is 1. The van der Waals surface area contributed by atoms with E-state index in [2.05, 4.69) is 15.8 Å². The number of aliphatic hydroxyl groups excluding tert-OH is 1. The molecule has 0 bridgehead atoms. The van der Waals surface area contributed by atoms with Crippen LogP contribution in [0, 0.1) is 13.8 Å². The van der Waals surface area contributed by atoms with E-state index in [4.69, 9.17) is 47.2 Å². The van der Waals surface area contributed by atoms with Crippen molar-refractivity contribution >= 4 is 29.0 Å². The van der Waals surface area contributed by atoms with Crippen LogP contribution < -0.4 is 15.4 Å². The molecule has 1 aliphatic heterocycles. The first-order chi connectivity index (χ1) is 16.9. The number of halogens is 2. The molecule has 1 aliphatic rings. The highest BCUT2D eigenvalue weighted by Crippen LogP contribution is 2.38. The summed E-state index contributed by atoms with van der Waals surface area (Å²) in [4.78, 5) is 9.46. The second-order valence-corrected chi connectivity index (χ2v) is 9.22. The fourth-order valence-electron chi connectivity index (χ4n) is 3.94. The Bertz CT molecular complexity index is 1150. The van der Waals surface area contributed by atoms with Crippen molar-refractivity contribution in [3.63, 3.8) is 0 Å². The van der Waals surface area contributed by atoms with Crippen LogP contribution in [0.3, 0.4) is 0 Å². The molecular weight excluding hydrogens is 493 g/mol. The van der Waals surface area contributed by atoms with Gasteiger partial charge in [-0.15, -0.1) is 0 Å². The number of aromatic nitrogens is 3. The molecule has 0 saturated carbocycles. The molecule has 2 unspecified atom stereocenters. The number of ether oxygens (including phenoxy) is 2. The van der Waals surface area contributed by atoms with E-state index in [9.17, 15) is 5.11 Å². The number of likely N-dealkylation sites (N-methyl/N-ethyl adjacent to an activating group) is 1. The Balaban J connectivity index is 1.72. The molecular formula is C24H29Cl2N5O4. The van der Waals surface area contributed by atoms with Gasteiger partial charge in [0, 0.05) is 25.3 Å². The van der Waals surface area contributed by atoms with Crippen LogP contribution in [-0.2, 0) is 4.74 Å². The normalized spacial score (nSPS) is 16.5. The van der Waals surface area contributed by atoms with E-state index in [0.717, 1.165) is 19.4 Å². The molecule has 11 heteroatoms. The quantitative estimate of drug-likeness (QED) is 0.359. The Morgan fingerprint density at radius 2 is 2.09 bits per heavy atom. The first-order valence-electron chi connectivity index (χ1n) is 11.5. The van der Waals surface area contributed by atoms with Gasteiger partial charge in [0.05, 0.1) is 22.4 Å². The van der Waals surface area contributed by atoms with Crippen LogP contribution >= 0.6 is 23.2 Å². The molecule has 35 heavy (non-hydrogen) atoms. The average Bonchev–Trinajstić information content (AvgIpc) is 3.48. The number of hydrogen-bond acceptors (Lipinski definition) is 9. The first-order valence-corrected chi connectivity index (χ1v) is 12.2. The molecule has 0 spiro atoms. The smallest absolute Gasteiger partial charge is 0.163 e. The van der Waals surface area contributed by atoms with Crippen molar-refractivity contribution in [2.75, 3.05) is 38.7 Å². The molecule has 9 nitrogen and oxygen atoms in total. The topological polar surface area (TPSA) is 115 Å². The van der Waals surface area contributed by atoms with Crippen molar-refractivity contribution in [3.8, 4) is 28.4 Å². The largest absolute Gasteiger partial charge is 0.491 e. The second kappa shape index (κ2) is 11.5. The van der Waals surface area contributed by atoms with Crippen LogP contribution in [0.15, 0.2) is 22.7 Å². The number of nitrogens with one attached hydrogen (secondary N) is 2. The predicted octanol–water partition coefficient (Wildman–Crippen LogP) is 4.27. The van der Waals surface area contributed by atoms with Crippen LogP contribution in [0.2, 0.25) is 10.0 Å². The summed E-state index contributed by atoms with van der Waals surface area (Å²) < 4.78 is 16.9. The van der Waals surface area contributed by atoms with Gasteiger partial charge < -0.3 is 29.7 Å². The van der Waals surface area contributed by atoms with Crippen LogP contribution in [0.5, 0.6) is 5.75 Å². The standard InChI is InChI=1S/C24H29Cl2N5O4/c1-13-20(14(2)35-31-13)22-21(26)24(28-11-17-5-4-8-33-17)30-23(29-22)18-9-16(6-7-19(18)25)34-12-15(32)10-27-3/h6-7,9,15,17,27,32H,4-5,8,10-12H2,1-3H3,(H,28,29,30). The van der Waals surface area contributed by atoms with Gasteiger partial charge in [-0.05, 0) is 51.9 Å². The lowest BCUT2D eigenvalue weighted by molar-refractivity contribution is 0.108. The molecule has 4 rings (SSSR count). The second-order valence-electron chi connectivity index (χ2n) is 8.44. The maximum Gasteiger partial charge on any atom is 0.163 e. The predicted molar refractivity (Wildman–Crippen MR) is 135 cm³/mol. The van der Waals surface area contributed by atoms with E-state index in [0.29, 0.717) is 68.8 Å². The zero-order valence-electron chi connectivity index (χ0n) is 19.9. The monoisotopic (exact) mass is 521 g/mol. The lowest BCUT2D eigenvalue weighted by Gasteiger charge is -2.16. The van der Waals surface area contributed by atoms with Crippen molar-refractivity contribution in [2.24, 2.45) is 0 Å². The molecule has 2 atom stereocenters. The average molecular weight is 522 g/mol. The van der Waals surface area contributed by atoms with Gasteiger partial charge in [0.25, 0.3) is 0 Å². The SMILES string of the molecule is CNCC(O)COc1ccc(Cl)c(-c2nc(NCC3CCCO3)c(Cl)c(-c3c(C)noc3C)n2)c1. The Morgan fingerprint density at radius 3 is 2.77 bits per heavy atom. The van der Waals surface area contributed by atoms with Gasteiger partial charge in [-0.1, -0.05) is 28.4 Å². The molecule has 3 N–H and O–H groups in total. The summed E-state index contributed by atoms with van der Waals surface area (Å²) in [6.45, 7) is 5.51. The van der Waals surface area contributed by atoms with Crippen LogP contribution in [0.4, 0.5) is 5.82 Å². The summed E-state index contributed by atoms with van der Waals surface area (Å²) in [6, 6.07) is 5.20. The molecule has 0 aliphatic carbocycles. The molecule has 1 fully saturated rings. The molecule has 0 radical (unpaired) electrons. The van der Waals surface area contributed by atoms with Crippen LogP contribution in [-0.4, -0.2) is 65.8 Å². The summed E-state index contributed by atoms with van der Waals surface area (Å²) in [5.74, 6) is 1.96. The Morgan fingerprint density at radius 1 is 1.26 bits per heavy atom. The van der Waals surface area contributed by atoms with E-state index in [1.807, 2.05) is 13.8 Å². The number of hydrogen-bond donors (Lipinski definition) is 3. The molecule has 3 heterocycles. The summed E-state index contributed by atoms with van der Waals surface area (Å²) in [5, 5.41) is 21.1. The zero-order chi connectivity index (χ0) is 24.9. The third-order valence-corrected chi connectivity index (χ3v) is 6.39. The third kappa shape index (κ3) is 6.05. The van der Waals surface area contributed by atoms with Crippen molar-refractivity contribution in [3.05, 3.63) is 39.7 Å². The van der Waals surface area contributed by atoms with Crippen molar-refractivity contribution in [1.82, 2.24) is 20.4 Å². The zero-order valence-corrected chi connectivity index (χ0v) is 21.4. The van der Waals surface area contributed by atoms with Crippen molar-refractivity contribution < 1.29 is 19.1 Å². The molecule has 0 amide bonds. The molecule has 1 saturated heterocycles. The van der Waals surface area contributed by atoms with Gasteiger partial charge in [-0.2, -0.15) is 0 Å². The fraction of sp³-hybridized carbons (Fsp3) is 0.458. The maximum atomic E-state index is 9.98. The Hall–Kier alpha value is -2.43. The van der Waals surface area contributed by atoms with Crippen molar-refractivity contribution in [2.45, 2.75) is 38.9 Å². The van der Waals surface area contributed by atoms with E-state index >= 15 is 0 Å². The molecule has 2 aromatic heterocycles. The highest BCUT2D eigenvalue weighted by atomic mass is 35.5. The first kappa shape index (κ1) is 25.7. The minimum atomic E-state index is -0.648. The van der Waals surface area contributed by atoms with Crippen LogP contribution in [0.25, 0.3) is 22.6 Å². The van der Waals surface area contributed by atoms with Gasteiger partial charge in [0.15, 0.2) is 5.82 Å². The van der Waals surface area contributed by atoms with Gasteiger partial charge in [0.1, 0.15) is 40.8 Å². The molecule has 188 valence electrons. The highest BCUT2D eigenvalue weighted by Gasteiger charge is 2.24. The van der Waals surface area contributed by atoms with E-state index in [-0.39, 0.29) is 12.7 Å². The minimum absolute atomic E-state index is 0.0938. The Kier molecular flexibility index (Phi) is 8.46. The van der Waals surface area contributed by atoms with Gasteiger partial charge in [0.2, 0.25) is 0 Å². The number of rotatable bonds is 10. The lowest BCUT2D eigenvalue weighted by Crippen LogP contribution is -2.29. The minimum Gasteiger partial charge on any atom is -0.491 e. The number of aryl methyl sites for hydroxylation is 2. The molecule has 3 aromatic rings. The summed E-state index contributed by atoms with van der Waals surface area (Å²) in [6.07, 6.45) is 1.45. The maximum absolute atomic E-state index is 9.98. The third-order valence-electron chi connectivity index (χ3n) is 5.70. The van der Waals surface area contributed by atoms with Gasteiger partial charge in [-0.25, -0.2) is 9.97 Å². The summed E-state index contributed by atoms with van der Waals surface area (Å²) in [7, 11) is 1.77. The fourth-order valence-corrected chi connectivity index (χ4v) is 4.39. The summed E-state index contributed by atoms with van der Waals surface area (Å²) >= 11 is 13.3. The van der Waals surface area contributed by atoms with E-state index in [1.54, 1.807) is 25.2 Å². The van der Waals surface area contributed by atoms with E-state index in [1.165, 1.54) is 0 Å². The summed E-state index contributed by atoms with van der Waals surface area (Å²) in [5.41, 5.74) is 2.44. The van der Waals surface area contributed by atoms with Gasteiger partial charge >= 0.3 is 0 Å². The highest BCUT2D eigenvalue weighted by molar-refractivity contribution is 6.35. The number of nitrogens with zero attached hydrogens (tertiary/aromatic N) is 3. The van der Waals surface area contributed by atoms with Crippen LogP contribution in [0.1, 0.15) is 24.3 Å². The lowest BCUT2D eigenvalue weighted by atomic mass is 10.1. The van der Waals surface area contributed by atoms with Crippen molar-refractivity contribution in [1.29, 1.82) is 0 Å². The number of anilines is 1. The Labute approximate surface area is 214 Å². The number of benzene rings is 1. The van der Waals surface area contributed by atoms with E-state index < -0.39 is 6.10 Å². The molecule has 1 aromatic carbocycles.